The van der Waals surface area contributed by atoms with E-state index in [9.17, 15) is 4.79 Å². The Balaban J connectivity index is 1.85. The molecule has 0 spiro atoms. The lowest BCUT2D eigenvalue weighted by molar-refractivity contribution is -0.135. The first-order valence-electron chi connectivity index (χ1n) is 8.43. The summed E-state index contributed by atoms with van der Waals surface area (Å²) in [6.45, 7) is 4.79. The number of para-hydroxylation sites is 1. The summed E-state index contributed by atoms with van der Waals surface area (Å²) in [6, 6.07) is 9.84. The molecular weight excluding hydrogens is 304 g/mol. The Hall–Kier alpha value is -2.30. The number of carbonyl (C=O) groups excluding carboxylic acids is 1. The van der Waals surface area contributed by atoms with Crippen LogP contribution >= 0.6 is 0 Å². The van der Waals surface area contributed by atoms with Crippen molar-refractivity contribution in [2.75, 3.05) is 13.7 Å². The van der Waals surface area contributed by atoms with Crippen molar-refractivity contribution in [3.05, 3.63) is 47.3 Å². The van der Waals surface area contributed by atoms with Crippen molar-refractivity contribution in [1.29, 1.82) is 0 Å². The monoisotopic (exact) mass is 328 g/mol. The van der Waals surface area contributed by atoms with Gasteiger partial charge in [-0.25, -0.2) is 0 Å². The number of methoxy groups -OCH3 is 1. The maximum absolute atomic E-state index is 12.9. The maximum atomic E-state index is 12.9. The fourth-order valence-corrected chi connectivity index (χ4v) is 3.45. The molecule has 128 valence electrons. The minimum atomic E-state index is 0.0536. The Kier molecular flexibility index (Phi) is 4.88. The summed E-state index contributed by atoms with van der Waals surface area (Å²) in [5, 5.41) is 3.95. The highest BCUT2D eigenvalue weighted by molar-refractivity contribution is 5.79. The van der Waals surface area contributed by atoms with Crippen LogP contribution in [0.1, 0.15) is 42.8 Å². The van der Waals surface area contributed by atoms with E-state index in [1.54, 1.807) is 7.11 Å². The molecule has 0 aliphatic carbocycles. The molecule has 2 atom stereocenters. The average Bonchev–Trinajstić information content (AvgIpc) is 2.99. The first-order valence-corrected chi connectivity index (χ1v) is 8.43. The molecule has 5 nitrogen and oxygen atoms in total. The van der Waals surface area contributed by atoms with Crippen molar-refractivity contribution < 1.29 is 14.1 Å². The molecule has 1 aromatic carbocycles. The number of piperidine rings is 1. The van der Waals surface area contributed by atoms with E-state index in [4.69, 9.17) is 9.26 Å². The fourth-order valence-electron chi connectivity index (χ4n) is 3.45. The molecule has 0 bridgehead atoms. The molecular formula is C19H24N2O3. The summed E-state index contributed by atoms with van der Waals surface area (Å²) in [5.41, 5.74) is 1.77. The second kappa shape index (κ2) is 7.07. The number of hydrogen-bond donors (Lipinski definition) is 0. The van der Waals surface area contributed by atoms with Gasteiger partial charge in [-0.2, -0.15) is 0 Å². The summed E-state index contributed by atoms with van der Waals surface area (Å²) >= 11 is 0. The molecule has 1 aliphatic rings. The van der Waals surface area contributed by atoms with Gasteiger partial charge in [0.2, 0.25) is 5.91 Å². The van der Waals surface area contributed by atoms with Gasteiger partial charge in [0.15, 0.2) is 0 Å². The smallest absolute Gasteiger partial charge is 0.229 e. The molecule has 0 radical (unpaired) electrons. The Morgan fingerprint density at radius 1 is 1.38 bits per heavy atom. The quantitative estimate of drug-likeness (QED) is 0.861. The van der Waals surface area contributed by atoms with Gasteiger partial charge in [0.1, 0.15) is 11.5 Å². The summed E-state index contributed by atoms with van der Waals surface area (Å²) in [7, 11) is 1.68. The number of hydrogen-bond acceptors (Lipinski definition) is 4. The van der Waals surface area contributed by atoms with E-state index in [2.05, 4.69) is 18.1 Å². The van der Waals surface area contributed by atoms with Crippen LogP contribution < -0.4 is 4.74 Å². The van der Waals surface area contributed by atoms with Gasteiger partial charge in [0, 0.05) is 18.2 Å². The van der Waals surface area contributed by atoms with Crippen molar-refractivity contribution in [2.24, 2.45) is 5.92 Å². The third-order valence-electron chi connectivity index (χ3n) is 4.64. The minimum absolute atomic E-state index is 0.0536. The standard InChI is InChI=1S/C19H24N2O3/c1-13-8-9-17(16-6-4-5-7-18(16)23-3)21(12-13)19(22)11-15-10-14(2)24-20-15/h4-7,10,13,17H,8-9,11-12H2,1-3H3/t13-,17+/m0/s1. The molecule has 1 aromatic heterocycles. The number of aromatic nitrogens is 1. The second-order valence-corrected chi connectivity index (χ2v) is 6.59. The lowest BCUT2D eigenvalue weighted by Crippen LogP contribution is -2.42. The largest absolute Gasteiger partial charge is 0.496 e. The Labute approximate surface area is 142 Å². The summed E-state index contributed by atoms with van der Waals surface area (Å²) < 4.78 is 10.6. The van der Waals surface area contributed by atoms with Crippen LogP contribution in [0.25, 0.3) is 0 Å². The topological polar surface area (TPSA) is 55.6 Å². The molecule has 0 unspecified atom stereocenters. The predicted octanol–water partition coefficient (Wildman–Crippen LogP) is 3.53. The number of aryl methyl sites for hydroxylation is 1. The highest BCUT2D eigenvalue weighted by Crippen LogP contribution is 2.37. The predicted molar refractivity (Wildman–Crippen MR) is 90.8 cm³/mol. The number of nitrogens with zero attached hydrogens (tertiary/aromatic N) is 2. The van der Waals surface area contributed by atoms with Crippen LogP contribution in [0.4, 0.5) is 0 Å². The first kappa shape index (κ1) is 16.6. The van der Waals surface area contributed by atoms with E-state index in [1.165, 1.54) is 0 Å². The Bertz CT molecular complexity index is 710. The highest BCUT2D eigenvalue weighted by atomic mass is 16.5. The van der Waals surface area contributed by atoms with Crippen molar-refractivity contribution in [2.45, 2.75) is 39.2 Å². The van der Waals surface area contributed by atoms with Gasteiger partial charge in [-0.3, -0.25) is 4.79 Å². The van der Waals surface area contributed by atoms with Crippen molar-refractivity contribution in [3.8, 4) is 5.75 Å². The molecule has 5 heteroatoms. The average molecular weight is 328 g/mol. The van der Waals surface area contributed by atoms with E-state index < -0.39 is 0 Å². The number of benzene rings is 1. The minimum Gasteiger partial charge on any atom is -0.496 e. The number of ether oxygens (including phenoxy) is 1. The van der Waals surface area contributed by atoms with E-state index >= 15 is 0 Å². The zero-order chi connectivity index (χ0) is 17.1. The number of amides is 1. The van der Waals surface area contributed by atoms with Crippen LogP contribution in [-0.4, -0.2) is 29.6 Å². The van der Waals surface area contributed by atoms with Crippen molar-refractivity contribution >= 4 is 5.91 Å². The van der Waals surface area contributed by atoms with E-state index in [0.717, 1.165) is 36.5 Å². The molecule has 1 saturated heterocycles. The third-order valence-corrected chi connectivity index (χ3v) is 4.64. The molecule has 2 aromatic rings. The van der Waals surface area contributed by atoms with Gasteiger partial charge in [0.25, 0.3) is 0 Å². The van der Waals surface area contributed by atoms with Crippen LogP contribution in [0.2, 0.25) is 0 Å². The summed E-state index contributed by atoms with van der Waals surface area (Å²) in [6.07, 6.45) is 2.33. The molecule has 1 amide bonds. The van der Waals surface area contributed by atoms with Crippen LogP contribution in [0, 0.1) is 12.8 Å². The molecule has 24 heavy (non-hydrogen) atoms. The van der Waals surface area contributed by atoms with Crippen molar-refractivity contribution in [1.82, 2.24) is 10.1 Å². The fraction of sp³-hybridized carbons (Fsp3) is 0.474. The van der Waals surface area contributed by atoms with Crippen molar-refractivity contribution in [3.63, 3.8) is 0 Å². The second-order valence-electron chi connectivity index (χ2n) is 6.59. The number of likely N-dealkylation sites (tertiary alicyclic amines) is 1. The molecule has 0 saturated carbocycles. The van der Waals surface area contributed by atoms with Crippen LogP contribution in [0.3, 0.4) is 0 Å². The normalized spacial score (nSPS) is 20.9. The first-order chi connectivity index (χ1) is 11.6. The third kappa shape index (κ3) is 3.45. The lowest BCUT2D eigenvalue weighted by atomic mass is 9.89. The zero-order valence-corrected chi connectivity index (χ0v) is 14.5. The number of rotatable bonds is 4. The van der Waals surface area contributed by atoms with Gasteiger partial charge in [-0.1, -0.05) is 30.3 Å². The van der Waals surface area contributed by atoms with Gasteiger partial charge < -0.3 is 14.2 Å². The molecule has 0 N–H and O–H groups in total. The number of carbonyl (C=O) groups is 1. The van der Waals surface area contributed by atoms with E-state index in [-0.39, 0.29) is 18.4 Å². The van der Waals surface area contributed by atoms with Crippen LogP contribution in [0.15, 0.2) is 34.9 Å². The lowest BCUT2D eigenvalue weighted by Gasteiger charge is -2.39. The zero-order valence-electron chi connectivity index (χ0n) is 14.5. The van der Waals surface area contributed by atoms with Gasteiger partial charge >= 0.3 is 0 Å². The van der Waals surface area contributed by atoms with E-state index in [0.29, 0.717) is 11.6 Å². The SMILES string of the molecule is COc1ccccc1[C@H]1CC[C@H](C)CN1C(=O)Cc1cc(C)on1. The maximum Gasteiger partial charge on any atom is 0.229 e. The van der Waals surface area contributed by atoms with Crippen LogP contribution in [-0.2, 0) is 11.2 Å². The van der Waals surface area contributed by atoms with Crippen LogP contribution in [0.5, 0.6) is 5.75 Å². The van der Waals surface area contributed by atoms with E-state index in [1.807, 2.05) is 36.1 Å². The molecule has 3 rings (SSSR count). The molecule has 2 heterocycles. The Morgan fingerprint density at radius 2 is 2.17 bits per heavy atom. The molecule has 1 aliphatic heterocycles. The summed E-state index contributed by atoms with van der Waals surface area (Å²) in [5.74, 6) is 2.16. The Morgan fingerprint density at radius 3 is 2.88 bits per heavy atom. The summed E-state index contributed by atoms with van der Waals surface area (Å²) in [4.78, 5) is 14.9. The van der Waals surface area contributed by atoms with Gasteiger partial charge in [-0.15, -0.1) is 0 Å². The molecule has 1 fully saturated rings. The van der Waals surface area contributed by atoms with Gasteiger partial charge in [-0.05, 0) is 31.7 Å². The van der Waals surface area contributed by atoms with Gasteiger partial charge in [0.05, 0.1) is 25.3 Å². The highest BCUT2D eigenvalue weighted by Gasteiger charge is 2.32.